The lowest BCUT2D eigenvalue weighted by Gasteiger charge is -2.26. The number of fused-ring (bicyclic) bond motifs is 1. The van der Waals surface area contributed by atoms with E-state index in [0.29, 0.717) is 24.3 Å². The predicted molar refractivity (Wildman–Crippen MR) is 122 cm³/mol. The summed E-state index contributed by atoms with van der Waals surface area (Å²) in [6, 6.07) is 1.35. The van der Waals surface area contributed by atoms with Crippen LogP contribution in [0.4, 0.5) is 0 Å². The molecule has 0 saturated carbocycles. The number of rotatable bonds is 8. The van der Waals surface area contributed by atoms with E-state index in [-0.39, 0.29) is 41.8 Å². The van der Waals surface area contributed by atoms with Gasteiger partial charge in [0.15, 0.2) is 10.7 Å². The van der Waals surface area contributed by atoms with Gasteiger partial charge in [-0.05, 0) is 38.5 Å². The third kappa shape index (κ3) is 5.36. The van der Waals surface area contributed by atoms with Gasteiger partial charge in [0.1, 0.15) is 6.04 Å². The Labute approximate surface area is 192 Å². The molecule has 32 heavy (non-hydrogen) atoms. The number of nitriles is 1. The highest BCUT2D eigenvalue weighted by Gasteiger charge is 2.32. The molecule has 1 aliphatic heterocycles. The molecular weight excluding hydrogens is 426 g/mol. The smallest absolute Gasteiger partial charge is 0.224 e. The fraction of sp³-hybridized carbons (Fsp3) is 0.609. The Kier molecular flexibility index (Phi) is 7.03. The zero-order chi connectivity index (χ0) is 23.6. The topological polar surface area (TPSA) is 116 Å². The van der Waals surface area contributed by atoms with Gasteiger partial charge in [-0.2, -0.15) is 5.26 Å². The van der Waals surface area contributed by atoms with E-state index in [4.69, 9.17) is 0 Å². The first-order valence-corrected chi connectivity index (χ1v) is 11.8. The molecule has 0 spiro atoms. The van der Waals surface area contributed by atoms with Gasteiger partial charge in [-0.3, -0.25) is 18.8 Å². The number of carbonyl (C=O) groups is 3. The van der Waals surface area contributed by atoms with Crippen molar-refractivity contribution in [1.29, 1.82) is 5.26 Å². The molecule has 2 N–H and O–H groups in total. The lowest BCUT2D eigenvalue weighted by Crippen LogP contribution is -2.41. The van der Waals surface area contributed by atoms with Gasteiger partial charge >= 0.3 is 0 Å². The van der Waals surface area contributed by atoms with Crippen molar-refractivity contribution in [2.75, 3.05) is 6.54 Å². The monoisotopic (exact) mass is 457 g/mol. The average molecular weight is 458 g/mol. The Morgan fingerprint density at radius 2 is 2.12 bits per heavy atom. The maximum absolute atomic E-state index is 13.2. The Bertz CT molecular complexity index is 1070. The minimum Gasteiger partial charge on any atom is -0.356 e. The number of nitrogens with zero attached hydrogens (tertiary/aromatic N) is 3. The minimum atomic E-state index is -0.761. The number of imidazole rings is 1. The maximum atomic E-state index is 13.2. The maximum Gasteiger partial charge on any atom is 0.224 e. The molecule has 2 aromatic heterocycles. The number of nitrogens with one attached hydrogen (secondary N) is 2. The van der Waals surface area contributed by atoms with Gasteiger partial charge < -0.3 is 10.6 Å². The van der Waals surface area contributed by atoms with Crippen LogP contribution in [0.25, 0.3) is 4.96 Å². The number of aryl methyl sites for hydroxylation is 2. The Balaban J connectivity index is 1.75. The molecule has 0 bridgehead atoms. The summed E-state index contributed by atoms with van der Waals surface area (Å²) in [5.41, 5.74) is 1.62. The van der Waals surface area contributed by atoms with Crippen molar-refractivity contribution in [2.45, 2.75) is 66.3 Å². The highest BCUT2D eigenvalue weighted by atomic mass is 32.1. The van der Waals surface area contributed by atoms with Crippen molar-refractivity contribution >= 4 is 33.9 Å². The van der Waals surface area contributed by atoms with E-state index in [1.54, 1.807) is 6.20 Å². The quantitative estimate of drug-likeness (QED) is 0.591. The summed E-state index contributed by atoms with van der Waals surface area (Å²) >= 11 is 1.34. The average Bonchev–Trinajstić information content (AvgIpc) is 3.37. The number of ketones is 1. The number of carbonyl (C=O) groups excluding carboxylic acids is 3. The Hall–Kier alpha value is -2.73. The fourth-order valence-corrected chi connectivity index (χ4v) is 5.42. The largest absolute Gasteiger partial charge is 0.356 e. The highest BCUT2D eigenvalue weighted by molar-refractivity contribution is 7.19. The van der Waals surface area contributed by atoms with E-state index in [1.807, 2.05) is 39.0 Å². The molecule has 2 amide bonds. The molecule has 2 aromatic rings. The molecule has 1 aliphatic rings. The molecule has 3 atom stereocenters. The van der Waals surface area contributed by atoms with E-state index >= 15 is 0 Å². The normalized spacial score (nSPS) is 18.2. The summed E-state index contributed by atoms with van der Waals surface area (Å²) in [5.74, 6) is -1.31. The second-order valence-corrected chi connectivity index (χ2v) is 10.8. The van der Waals surface area contributed by atoms with Crippen LogP contribution in [0.1, 0.15) is 67.5 Å². The molecule has 9 heteroatoms. The molecule has 0 unspecified atom stereocenters. The Morgan fingerprint density at radius 1 is 1.41 bits per heavy atom. The van der Waals surface area contributed by atoms with E-state index < -0.39 is 12.0 Å². The minimum absolute atomic E-state index is 0.0642. The number of hydrogen-bond acceptors (Lipinski definition) is 6. The van der Waals surface area contributed by atoms with Crippen molar-refractivity contribution < 1.29 is 14.4 Å². The summed E-state index contributed by atoms with van der Waals surface area (Å²) in [4.78, 5) is 43.9. The molecule has 1 saturated heterocycles. The predicted octanol–water partition coefficient (Wildman–Crippen LogP) is 3.17. The zero-order valence-electron chi connectivity index (χ0n) is 19.3. The number of thiazole rings is 1. The third-order valence-corrected chi connectivity index (χ3v) is 7.03. The number of amides is 2. The van der Waals surface area contributed by atoms with Crippen LogP contribution in [-0.2, 0) is 9.59 Å². The summed E-state index contributed by atoms with van der Waals surface area (Å²) in [6.07, 6.45) is 3.29. The van der Waals surface area contributed by atoms with Crippen LogP contribution in [0.2, 0.25) is 0 Å². The van der Waals surface area contributed by atoms with Crippen molar-refractivity contribution in [3.63, 3.8) is 0 Å². The molecule has 3 heterocycles. The SMILES string of the molecule is Cc1cnc2sc(C(=O)C[C@@H](CC(C)(C)C)C(=O)N[C@H](C#N)C[C@@H]3CCNC3=O)c(C)n12. The van der Waals surface area contributed by atoms with E-state index in [2.05, 4.69) is 21.7 Å². The molecule has 172 valence electrons. The molecule has 3 rings (SSSR count). The second kappa shape index (κ2) is 9.41. The van der Waals surface area contributed by atoms with E-state index in [0.717, 1.165) is 16.3 Å². The van der Waals surface area contributed by atoms with Crippen LogP contribution >= 0.6 is 11.3 Å². The van der Waals surface area contributed by atoms with Crippen molar-refractivity contribution in [3.05, 3.63) is 22.5 Å². The van der Waals surface area contributed by atoms with Crippen LogP contribution in [0.3, 0.4) is 0 Å². The molecule has 0 aromatic carbocycles. The van der Waals surface area contributed by atoms with Gasteiger partial charge in [-0.25, -0.2) is 4.98 Å². The lowest BCUT2D eigenvalue weighted by molar-refractivity contribution is -0.127. The second-order valence-electron chi connectivity index (χ2n) is 9.83. The van der Waals surface area contributed by atoms with Crippen LogP contribution < -0.4 is 10.6 Å². The first kappa shape index (κ1) is 23.9. The van der Waals surface area contributed by atoms with E-state index in [1.165, 1.54) is 11.3 Å². The van der Waals surface area contributed by atoms with Gasteiger partial charge in [0, 0.05) is 42.4 Å². The standard InChI is InChI=1S/C23H31N5O3S/c1-13-12-26-22-28(13)14(2)19(32-22)18(29)9-16(10-23(3,4)5)21(31)27-17(11-24)8-15-6-7-25-20(15)30/h12,15-17H,6-10H2,1-5H3,(H,25,30)(H,27,31)/t15-,16-,17-/m0/s1. The van der Waals surface area contributed by atoms with Gasteiger partial charge in [-0.1, -0.05) is 32.1 Å². The first-order chi connectivity index (χ1) is 15.0. The van der Waals surface area contributed by atoms with Crippen molar-refractivity contribution in [2.24, 2.45) is 17.3 Å². The molecule has 1 fully saturated rings. The fourth-order valence-electron chi connectivity index (χ4n) is 4.32. The van der Waals surface area contributed by atoms with Gasteiger partial charge in [0.2, 0.25) is 11.8 Å². The van der Waals surface area contributed by atoms with Gasteiger partial charge in [-0.15, -0.1) is 0 Å². The molecule has 0 aliphatic carbocycles. The third-order valence-electron chi connectivity index (χ3n) is 5.83. The molecular formula is C23H31N5O3S. The van der Waals surface area contributed by atoms with Crippen molar-refractivity contribution in [1.82, 2.24) is 20.0 Å². The van der Waals surface area contributed by atoms with Gasteiger partial charge in [0.25, 0.3) is 0 Å². The van der Waals surface area contributed by atoms with Crippen LogP contribution in [0.15, 0.2) is 6.20 Å². The number of hydrogen-bond donors (Lipinski definition) is 2. The summed E-state index contributed by atoms with van der Waals surface area (Å²) in [5, 5.41) is 15.1. The molecule has 0 radical (unpaired) electrons. The molecule has 8 nitrogen and oxygen atoms in total. The summed E-state index contributed by atoms with van der Waals surface area (Å²) in [6.45, 7) is 10.5. The van der Waals surface area contributed by atoms with E-state index in [9.17, 15) is 19.6 Å². The summed E-state index contributed by atoms with van der Waals surface area (Å²) in [7, 11) is 0. The highest BCUT2D eigenvalue weighted by Crippen LogP contribution is 2.31. The van der Waals surface area contributed by atoms with Crippen LogP contribution in [0, 0.1) is 42.4 Å². The Morgan fingerprint density at radius 3 is 2.69 bits per heavy atom. The first-order valence-electron chi connectivity index (χ1n) is 10.9. The van der Waals surface area contributed by atoms with Crippen molar-refractivity contribution in [3.8, 4) is 6.07 Å². The van der Waals surface area contributed by atoms with Gasteiger partial charge in [0.05, 0.1) is 10.9 Å². The van der Waals surface area contributed by atoms with Crippen LogP contribution in [-0.4, -0.2) is 39.6 Å². The zero-order valence-corrected chi connectivity index (χ0v) is 20.1. The number of aromatic nitrogens is 2. The number of Topliss-reactive ketones (excluding diaryl/α,β-unsaturated/α-hetero) is 1. The van der Waals surface area contributed by atoms with Crippen LogP contribution in [0.5, 0.6) is 0 Å². The lowest BCUT2D eigenvalue weighted by atomic mass is 9.81. The summed E-state index contributed by atoms with van der Waals surface area (Å²) < 4.78 is 1.95.